The third kappa shape index (κ3) is 2.80. The predicted molar refractivity (Wildman–Crippen MR) is 75.9 cm³/mol. The zero-order valence-electron chi connectivity index (χ0n) is 10.5. The number of azide groups is 2. The summed E-state index contributed by atoms with van der Waals surface area (Å²) in [7, 11) is -3.97. The van der Waals surface area contributed by atoms with Gasteiger partial charge in [0.15, 0.2) is 0 Å². The molecule has 0 atom stereocenters. The van der Waals surface area contributed by atoms with Crippen LogP contribution in [0, 0.1) is 0 Å². The second-order valence-electron chi connectivity index (χ2n) is 3.82. The molecule has 0 saturated heterocycles. The first-order valence-electron chi connectivity index (χ1n) is 5.64. The van der Waals surface area contributed by atoms with E-state index in [2.05, 4.69) is 20.1 Å². The van der Waals surface area contributed by atoms with Crippen molar-refractivity contribution < 1.29 is 8.42 Å². The van der Waals surface area contributed by atoms with Crippen LogP contribution in [0.15, 0.2) is 68.6 Å². The molecular formula is C12H8N6O2S. The molecule has 21 heavy (non-hydrogen) atoms. The largest absolute Gasteiger partial charge is 0.218 e. The highest BCUT2D eigenvalue weighted by atomic mass is 32.2. The lowest BCUT2D eigenvalue weighted by Gasteiger charge is -2.09. The summed E-state index contributed by atoms with van der Waals surface area (Å²) < 4.78 is 25.3. The van der Waals surface area contributed by atoms with Crippen LogP contribution in [0.25, 0.3) is 20.9 Å². The van der Waals surface area contributed by atoms with Crippen LogP contribution in [0.1, 0.15) is 0 Å². The van der Waals surface area contributed by atoms with Crippen LogP contribution in [0.3, 0.4) is 0 Å². The molecular weight excluding hydrogens is 292 g/mol. The molecule has 0 aliphatic heterocycles. The number of benzene rings is 2. The third-order valence-electron chi connectivity index (χ3n) is 2.61. The van der Waals surface area contributed by atoms with Crippen LogP contribution in [-0.2, 0) is 9.84 Å². The maximum atomic E-state index is 12.7. The first-order chi connectivity index (χ1) is 10.1. The lowest BCUT2D eigenvalue weighted by atomic mass is 10.3. The van der Waals surface area contributed by atoms with Gasteiger partial charge < -0.3 is 0 Å². The molecule has 0 amide bonds. The predicted octanol–water partition coefficient (Wildman–Crippen LogP) is 4.40. The van der Waals surface area contributed by atoms with E-state index in [0.29, 0.717) is 0 Å². The molecule has 9 heteroatoms. The number of nitrogens with zero attached hydrogens (tertiary/aromatic N) is 6. The molecule has 0 radical (unpaired) electrons. The maximum Gasteiger partial charge on any atom is 0.207 e. The van der Waals surface area contributed by atoms with Crippen LogP contribution >= 0.6 is 0 Å². The molecule has 2 aromatic carbocycles. The molecule has 8 nitrogen and oxygen atoms in total. The maximum absolute atomic E-state index is 12.7. The van der Waals surface area contributed by atoms with E-state index >= 15 is 0 Å². The fourth-order valence-electron chi connectivity index (χ4n) is 1.75. The van der Waals surface area contributed by atoms with E-state index in [9.17, 15) is 8.42 Å². The molecule has 0 spiro atoms. The van der Waals surface area contributed by atoms with Gasteiger partial charge in [0.25, 0.3) is 0 Å². The smallest absolute Gasteiger partial charge is 0.207 e. The molecule has 0 heterocycles. The van der Waals surface area contributed by atoms with Crippen molar-refractivity contribution in [2.45, 2.75) is 9.79 Å². The van der Waals surface area contributed by atoms with Crippen LogP contribution in [0.4, 0.5) is 11.4 Å². The van der Waals surface area contributed by atoms with Crippen molar-refractivity contribution in [3.63, 3.8) is 0 Å². The number of sulfone groups is 1. The molecule has 0 N–H and O–H groups in total. The van der Waals surface area contributed by atoms with Gasteiger partial charge in [0.1, 0.15) is 0 Å². The molecule has 0 aliphatic carbocycles. The summed E-state index contributed by atoms with van der Waals surface area (Å²) in [4.78, 5) is 4.92. The summed E-state index contributed by atoms with van der Waals surface area (Å²) >= 11 is 0. The standard InChI is InChI=1S/C12H8N6O2S/c13-17-15-9-5-1-3-7-11(9)21(19,20)12-8-4-2-6-10(12)16-18-14/h1-8H. The van der Waals surface area contributed by atoms with E-state index in [1.165, 1.54) is 36.4 Å². The first-order valence-corrected chi connectivity index (χ1v) is 7.13. The highest BCUT2D eigenvalue weighted by molar-refractivity contribution is 7.91. The van der Waals surface area contributed by atoms with E-state index in [-0.39, 0.29) is 21.2 Å². The Bertz CT molecular complexity index is 813. The quantitative estimate of drug-likeness (QED) is 0.470. The van der Waals surface area contributed by atoms with Gasteiger partial charge in [0.2, 0.25) is 9.84 Å². The highest BCUT2D eigenvalue weighted by Gasteiger charge is 2.22. The van der Waals surface area contributed by atoms with E-state index in [0.717, 1.165) is 0 Å². The van der Waals surface area contributed by atoms with Gasteiger partial charge >= 0.3 is 0 Å². The van der Waals surface area contributed by atoms with Crippen molar-refractivity contribution in [1.29, 1.82) is 0 Å². The minimum Gasteiger partial charge on any atom is -0.218 e. The molecule has 0 aromatic heterocycles. The third-order valence-corrected chi connectivity index (χ3v) is 4.46. The normalized spacial score (nSPS) is 10.3. The van der Waals surface area contributed by atoms with Crippen molar-refractivity contribution in [2.75, 3.05) is 0 Å². The minimum atomic E-state index is -3.97. The average Bonchev–Trinajstić information content (AvgIpc) is 2.49. The fraction of sp³-hybridized carbons (Fsp3) is 0. The second-order valence-corrected chi connectivity index (χ2v) is 5.70. The Labute approximate surface area is 119 Å². The molecule has 0 unspecified atom stereocenters. The SMILES string of the molecule is [N-]=[N+]=Nc1ccccc1S(=O)(=O)c1ccccc1N=[N+]=[N-]. The summed E-state index contributed by atoms with van der Waals surface area (Å²) in [6.07, 6.45) is 0. The van der Waals surface area contributed by atoms with Gasteiger partial charge in [-0.3, -0.25) is 0 Å². The topological polar surface area (TPSA) is 132 Å². The lowest BCUT2D eigenvalue weighted by Crippen LogP contribution is -2.02. The highest BCUT2D eigenvalue weighted by Crippen LogP contribution is 2.34. The summed E-state index contributed by atoms with van der Waals surface area (Å²) in [6, 6.07) is 11.6. The first kappa shape index (κ1) is 14.4. The van der Waals surface area contributed by atoms with E-state index in [4.69, 9.17) is 11.1 Å². The average molecular weight is 300 g/mol. The zero-order chi connectivity index (χ0) is 15.3. The summed E-state index contributed by atoms with van der Waals surface area (Å²) in [5.74, 6) is 0. The Morgan fingerprint density at radius 1 is 0.762 bits per heavy atom. The minimum absolute atomic E-state index is 0.0178. The summed E-state index contributed by atoms with van der Waals surface area (Å²) in [5.41, 5.74) is 17.0. The van der Waals surface area contributed by atoms with Crippen LogP contribution in [0.2, 0.25) is 0 Å². The molecule has 2 aromatic rings. The van der Waals surface area contributed by atoms with E-state index in [1.54, 1.807) is 12.1 Å². The van der Waals surface area contributed by atoms with Crippen molar-refractivity contribution in [3.05, 3.63) is 69.4 Å². The zero-order valence-corrected chi connectivity index (χ0v) is 11.3. The van der Waals surface area contributed by atoms with Gasteiger partial charge in [-0.15, -0.1) is 0 Å². The Kier molecular flexibility index (Phi) is 4.10. The van der Waals surface area contributed by atoms with Gasteiger partial charge in [-0.1, -0.05) is 46.6 Å². The summed E-state index contributed by atoms with van der Waals surface area (Å²) in [6.45, 7) is 0. The lowest BCUT2D eigenvalue weighted by molar-refractivity contribution is 0.596. The Morgan fingerprint density at radius 3 is 1.52 bits per heavy atom. The molecule has 0 saturated carbocycles. The monoisotopic (exact) mass is 300 g/mol. The Morgan fingerprint density at radius 2 is 1.14 bits per heavy atom. The number of hydrogen-bond donors (Lipinski definition) is 0. The molecule has 2 rings (SSSR count). The fourth-order valence-corrected chi connectivity index (χ4v) is 3.27. The molecule has 0 aliphatic rings. The van der Waals surface area contributed by atoms with Crippen molar-refractivity contribution in [3.8, 4) is 0 Å². The van der Waals surface area contributed by atoms with E-state index < -0.39 is 9.84 Å². The van der Waals surface area contributed by atoms with Gasteiger partial charge in [0, 0.05) is 9.82 Å². The number of hydrogen-bond acceptors (Lipinski definition) is 4. The van der Waals surface area contributed by atoms with Crippen molar-refractivity contribution >= 4 is 21.2 Å². The van der Waals surface area contributed by atoms with Crippen LogP contribution in [0.5, 0.6) is 0 Å². The number of rotatable bonds is 4. The Hall–Kier alpha value is -2.99. The summed E-state index contributed by atoms with van der Waals surface area (Å²) in [5, 5.41) is 6.74. The van der Waals surface area contributed by atoms with Gasteiger partial charge in [-0.2, -0.15) is 0 Å². The van der Waals surface area contributed by atoms with Gasteiger partial charge in [-0.05, 0) is 23.2 Å². The molecule has 104 valence electrons. The molecule has 0 bridgehead atoms. The van der Waals surface area contributed by atoms with E-state index in [1.807, 2.05) is 0 Å². The van der Waals surface area contributed by atoms with Crippen LogP contribution < -0.4 is 0 Å². The van der Waals surface area contributed by atoms with Gasteiger partial charge in [0.05, 0.1) is 21.2 Å². The second kappa shape index (κ2) is 5.98. The van der Waals surface area contributed by atoms with Crippen molar-refractivity contribution in [1.82, 2.24) is 0 Å². The van der Waals surface area contributed by atoms with Crippen LogP contribution in [-0.4, -0.2) is 8.42 Å². The Balaban J connectivity index is 2.75. The van der Waals surface area contributed by atoms with Gasteiger partial charge in [-0.25, -0.2) is 8.42 Å². The van der Waals surface area contributed by atoms with Crippen molar-refractivity contribution in [2.24, 2.45) is 10.2 Å². The molecule has 0 fully saturated rings.